The van der Waals surface area contributed by atoms with Gasteiger partial charge in [-0.3, -0.25) is 20.2 Å². The number of aromatic nitrogens is 1. The Morgan fingerprint density at radius 3 is 2.47 bits per heavy atom. The number of rotatable bonds is 7. The van der Waals surface area contributed by atoms with Crippen LogP contribution in [0.25, 0.3) is 10.8 Å². The van der Waals surface area contributed by atoms with Crippen molar-refractivity contribution in [2.24, 2.45) is 0 Å². The van der Waals surface area contributed by atoms with Crippen LogP contribution >= 0.6 is 11.3 Å². The molecule has 0 bridgehead atoms. The Hall–Kier alpha value is -4.16. The smallest absolute Gasteiger partial charge is 0.339 e. The first-order valence-electron chi connectivity index (χ1n) is 9.66. The number of thiazole rings is 1. The Labute approximate surface area is 196 Å². The van der Waals surface area contributed by atoms with Crippen LogP contribution in [0, 0.1) is 10.1 Å². The second-order valence-corrected chi connectivity index (χ2v) is 10.1. The average Bonchev–Trinajstić information content (AvgIpc) is 3.31. The second-order valence-electron chi connectivity index (χ2n) is 6.89. The maximum atomic E-state index is 12.7. The quantitative estimate of drug-likeness (QED) is 0.230. The number of nitrogens with zero attached hydrogens (tertiary/aromatic N) is 2. The average molecular weight is 498 g/mol. The summed E-state index contributed by atoms with van der Waals surface area (Å²) in [5.74, 6) is -1.37. The Bertz CT molecular complexity index is 1510. The number of benzene rings is 3. The molecule has 0 fully saturated rings. The topological polar surface area (TPSA) is 146 Å². The summed E-state index contributed by atoms with van der Waals surface area (Å²) >= 11 is 0.701. The minimum Gasteiger partial charge on any atom is -0.452 e. The molecule has 0 saturated carbocycles. The van der Waals surface area contributed by atoms with E-state index in [0.29, 0.717) is 22.3 Å². The van der Waals surface area contributed by atoms with Gasteiger partial charge in [0.05, 0.1) is 21.6 Å². The number of hydrogen-bond acceptors (Lipinski definition) is 9. The predicted octanol–water partition coefficient (Wildman–Crippen LogP) is 3.83. The third-order valence-corrected chi connectivity index (χ3v) is 7.84. The van der Waals surface area contributed by atoms with Gasteiger partial charge in [-0.2, -0.15) is 0 Å². The van der Waals surface area contributed by atoms with E-state index in [0.717, 1.165) is 35.8 Å². The first kappa shape index (κ1) is 23.0. The maximum Gasteiger partial charge on any atom is 0.339 e. The van der Waals surface area contributed by atoms with E-state index in [1.807, 2.05) is 18.2 Å². The van der Waals surface area contributed by atoms with Crippen molar-refractivity contribution >= 4 is 54.6 Å². The van der Waals surface area contributed by atoms with E-state index >= 15 is 0 Å². The molecule has 3 aromatic carbocycles. The largest absolute Gasteiger partial charge is 0.452 e. The molecule has 0 unspecified atom stereocenters. The van der Waals surface area contributed by atoms with Gasteiger partial charge in [-0.05, 0) is 29.0 Å². The van der Waals surface area contributed by atoms with Crippen molar-refractivity contribution in [2.45, 2.75) is 9.10 Å². The third-order valence-electron chi connectivity index (χ3n) is 4.70. The van der Waals surface area contributed by atoms with Crippen LogP contribution in [0.4, 0.5) is 10.8 Å². The zero-order valence-corrected chi connectivity index (χ0v) is 18.8. The molecule has 1 amide bonds. The number of amides is 1. The number of nitro groups is 1. The second kappa shape index (κ2) is 9.37. The molecule has 4 aromatic rings. The number of sulfone groups is 1. The Morgan fingerprint density at radius 2 is 1.74 bits per heavy atom. The Balaban J connectivity index is 1.40. The van der Waals surface area contributed by atoms with E-state index in [4.69, 9.17) is 4.74 Å². The third kappa shape index (κ3) is 4.77. The van der Waals surface area contributed by atoms with E-state index in [-0.39, 0.29) is 19.9 Å². The number of carbonyl (C=O) groups is 2. The van der Waals surface area contributed by atoms with Crippen molar-refractivity contribution in [2.75, 3.05) is 11.9 Å². The number of non-ortho nitro benzene ring substituents is 1. The summed E-state index contributed by atoms with van der Waals surface area (Å²) in [6.07, 6.45) is 1.07. The molecule has 0 radical (unpaired) electrons. The summed E-state index contributed by atoms with van der Waals surface area (Å²) in [6, 6.07) is 16.8. The minimum absolute atomic E-state index is 0.00769. The molecule has 0 aliphatic carbocycles. The number of fused-ring (bicyclic) bond motifs is 1. The van der Waals surface area contributed by atoms with Crippen LogP contribution in [0.3, 0.4) is 0 Å². The number of anilines is 1. The standard InChI is InChI=1S/C22H15N3O7S2/c26-19(13-32-21(27)18-7-3-5-14-4-1-2-6-17(14)18)24-22-23-12-20(33-22)34(30,31)16-10-8-15(9-11-16)25(28)29/h1-12H,13H2,(H,23,24,26). The van der Waals surface area contributed by atoms with Crippen molar-refractivity contribution in [3.8, 4) is 0 Å². The van der Waals surface area contributed by atoms with Gasteiger partial charge in [-0.25, -0.2) is 18.2 Å². The van der Waals surface area contributed by atoms with Gasteiger partial charge >= 0.3 is 5.97 Å². The Kier molecular flexibility index (Phi) is 6.34. The Morgan fingerprint density at radius 1 is 1.03 bits per heavy atom. The zero-order valence-electron chi connectivity index (χ0n) is 17.2. The van der Waals surface area contributed by atoms with Gasteiger partial charge in [0.25, 0.3) is 11.6 Å². The molecule has 172 valence electrons. The molecule has 4 rings (SSSR count). The SMILES string of the molecule is O=C(COC(=O)c1cccc2ccccc12)Nc1ncc(S(=O)(=O)c2ccc([N+](=O)[O-])cc2)s1. The van der Waals surface area contributed by atoms with Gasteiger partial charge < -0.3 is 4.74 Å². The van der Waals surface area contributed by atoms with Crippen molar-refractivity contribution in [3.05, 3.63) is 88.6 Å². The molecular formula is C22H15N3O7S2. The van der Waals surface area contributed by atoms with Crippen LogP contribution in [-0.2, 0) is 19.4 Å². The van der Waals surface area contributed by atoms with Crippen molar-refractivity contribution < 1.29 is 27.7 Å². The molecule has 0 aliphatic heterocycles. The molecule has 0 spiro atoms. The summed E-state index contributed by atoms with van der Waals surface area (Å²) < 4.78 is 30.4. The molecule has 10 nitrogen and oxygen atoms in total. The lowest BCUT2D eigenvalue weighted by Gasteiger charge is -2.07. The van der Waals surface area contributed by atoms with Crippen LogP contribution in [0.1, 0.15) is 10.4 Å². The fraction of sp³-hybridized carbons (Fsp3) is 0.0455. The fourth-order valence-electron chi connectivity index (χ4n) is 3.07. The minimum atomic E-state index is -3.98. The van der Waals surface area contributed by atoms with Crippen LogP contribution in [-0.4, -0.2) is 36.8 Å². The lowest BCUT2D eigenvalue weighted by molar-refractivity contribution is -0.384. The van der Waals surface area contributed by atoms with E-state index in [9.17, 15) is 28.1 Å². The zero-order chi connectivity index (χ0) is 24.3. The highest BCUT2D eigenvalue weighted by molar-refractivity contribution is 7.93. The number of carbonyl (C=O) groups excluding carboxylic acids is 2. The van der Waals surface area contributed by atoms with Gasteiger partial charge in [-0.1, -0.05) is 47.7 Å². The molecule has 0 atom stereocenters. The molecule has 12 heteroatoms. The highest BCUT2D eigenvalue weighted by atomic mass is 32.2. The molecule has 1 N–H and O–H groups in total. The lowest BCUT2D eigenvalue weighted by Crippen LogP contribution is -2.20. The molecule has 1 aromatic heterocycles. The van der Waals surface area contributed by atoms with Crippen molar-refractivity contribution in [3.63, 3.8) is 0 Å². The molecule has 34 heavy (non-hydrogen) atoms. The maximum absolute atomic E-state index is 12.7. The molecule has 0 aliphatic rings. The summed E-state index contributed by atoms with van der Waals surface area (Å²) in [6.45, 7) is -0.591. The van der Waals surface area contributed by atoms with Gasteiger partial charge in [0.2, 0.25) is 9.84 Å². The van der Waals surface area contributed by atoms with Crippen LogP contribution in [0.15, 0.2) is 82.0 Å². The van der Waals surface area contributed by atoms with Crippen LogP contribution < -0.4 is 5.32 Å². The fourth-order valence-corrected chi connectivity index (χ4v) is 5.52. The normalized spacial score (nSPS) is 11.2. The lowest BCUT2D eigenvalue weighted by atomic mass is 10.1. The first-order chi connectivity index (χ1) is 16.3. The van der Waals surface area contributed by atoms with E-state index < -0.39 is 33.2 Å². The van der Waals surface area contributed by atoms with Crippen LogP contribution in [0.5, 0.6) is 0 Å². The van der Waals surface area contributed by atoms with E-state index in [1.165, 1.54) is 0 Å². The summed E-state index contributed by atoms with van der Waals surface area (Å²) in [5, 5.41) is 14.7. The number of ether oxygens (including phenoxy) is 1. The van der Waals surface area contributed by atoms with Crippen molar-refractivity contribution in [1.82, 2.24) is 4.98 Å². The summed E-state index contributed by atoms with van der Waals surface area (Å²) in [7, 11) is -3.98. The highest BCUT2D eigenvalue weighted by Crippen LogP contribution is 2.29. The monoisotopic (exact) mass is 497 g/mol. The number of nitrogens with one attached hydrogen (secondary N) is 1. The number of hydrogen-bond donors (Lipinski definition) is 1. The van der Waals surface area contributed by atoms with Crippen molar-refractivity contribution in [1.29, 1.82) is 0 Å². The van der Waals surface area contributed by atoms with Gasteiger partial charge in [0.15, 0.2) is 11.7 Å². The van der Waals surface area contributed by atoms with Gasteiger partial charge in [0, 0.05) is 12.1 Å². The summed E-state index contributed by atoms with van der Waals surface area (Å²) in [5.41, 5.74) is 0.0749. The molecule has 1 heterocycles. The number of esters is 1. The summed E-state index contributed by atoms with van der Waals surface area (Å²) in [4.78, 5) is 38.5. The first-order valence-corrected chi connectivity index (χ1v) is 12.0. The van der Waals surface area contributed by atoms with E-state index in [2.05, 4.69) is 10.3 Å². The van der Waals surface area contributed by atoms with Gasteiger partial charge in [0.1, 0.15) is 4.21 Å². The molecular weight excluding hydrogens is 482 g/mol. The predicted molar refractivity (Wildman–Crippen MR) is 124 cm³/mol. The molecule has 0 saturated heterocycles. The highest BCUT2D eigenvalue weighted by Gasteiger charge is 2.23. The van der Waals surface area contributed by atoms with Crippen LogP contribution in [0.2, 0.25) is 0 Å². The van der Waals surface area contributed by atoms with E-state index in [1.54, 1.807) is 24.3 Å². The number of nitro benzene ring substituents is 1. The van der Waals surface area contributed by atoms with Gasteiger partial charge in [-0.15, -0.1) is 0 Å².